The number of alkyl carbamates (subject to hydrolysis) is 1. The van der Waals surface area contributed by atoms with Gasteiger partial charge in [0.15, 0.2) is 6.73 Å². The van der Waals surface area contributed by atoms with Crippen molar-refractivity contribution < 1.29 is 18.7 Å². The average Bonchev–Trinajstić information content (AvgIpc) is 3.38. The highest BCUT2D eigenvalue weighted by atomic mass is 32.1. The van der Waals surface area contributed by atoms with Crippen LogP contribution in [0.4, 0.5) is 20.6 Å². The van der Waals surface area contributed by atoms with Crippen molar-refractivity contribution in [3.05, 3.63) is 71.4 Å². The zero-order valence-corrected chi connectivity index (χ0v) is 21.6. The van der Waals surface area contributed by atoms with Crippen LogP contribution in [0.1, 0.15) is 17.5 Å². The monoisotopic (exact) mass is 522 g/mol. The lowest BCUT2D eigenvalue weighted by molar-refractivity contribution is -0.119. The normalized spacial score (nSPS) is 16.1. The van der Waals surface area contributed by atoms with Gasteiger partial charge in [0.25, 0.3) is 0 Å². The van der Waals surface area contributed by atoms with Gasteiger partial charge in [-0.15, -0.1) is 17.9 Å². The zero-order valence-electron chi connectivity index (χ0n) is 20.7. The Morgan fingerprint density at radius 2 is 1.95 bits per heavy atom. The molecular weight excluding hydrogens is 491 g/mol. The largest absolute Gasteiger partial charge is 0.428 e. The van der Waals surface area contributed by atoms with Gasteiger partial charge in [-0.3, -0.25) is 14.6 Å². The number of anilines is 2. The summed E-state index contributed by atoms with van der Waals surface area (Å²) in [7, 11) is 0. The van der Waals surface area contributed by atoms with Crippen LogP contribution in [0.25, 0.3) is 10.1 Å². The molecule has 2 amide bonds. The standard InChI is InChI=1S/C28H31FN4O3S/c1-2-9-30-28(35)36-19-33-24-16-20(3-4-21(24)5-6-27(33)34)7-10-31-11-13-32(14-12-31)25-17-22(29)18-26-23(25)8-15-37-26/h2-4,8,15-18H,1,5-7,9-14,19H2,(H,30,35). The molecule has 3 aromatic rings. The Hall–Kier alpha value is -3.43. The molecule has 1 aromatic heterocycles. The molecule has 3 heterocycles. The third-order valence-corrected chi connectivity index (χ3v) is 7.87. The topological polar surface area (TPSA) is 65.1 Å². The first-order valence-corrected chi connectivity index (χ1v) is 13.5. The van der Waals surface area contributed by atoms with Gasteiger partial charge >= 0.3 is 6.09 Å². The van der Waals surface area contributed by atoms with Gasteiger partial charge in [0.05, 0.1) is 5.69 Å². The fourth-order valence-corrected chi connectivity index (χ4v) is 5.82. The van der Waals surface area contributed by atoms with E-state index in [2.05, 4.69) is 39.9 Å². The number of carbonyl (C=O) groups excluding carboxylic acids is 2. The van der Waals surface area contributed by atoms with Crippen molar-refractivity contribution in [2.45, 2.75) is 19.3 Å². The van der Waals surface area contributed by atoms with Gasteiger partial charge in [0.2, 0.25) is 5.91 Å². The smallest absolute Gasteiger partial charge is 0.409 e. The lowest BCUT2D eigenvalue weighted by Crippen LogP contribution is -2.47. The molecule has 0 aliphatic carbocycles. The van der Waals surface area contributed by atoms with Crippen molar-refractivity contribution in [1.82, 2.24) is 10.2 Å². The molecule has 9 heteroatoms. The summed E-state index contributed by atoms with van der Waals surface area (Å²) in [5.41, 5.74) is 4.03. The third-order valence-electron chi connectivity index (χ3n) is 7.01. The quantitative estimate of drug-likeness (QED) is 0.440. The van der Waals surface area contributed by atoms with Crippen molar-refractivity contribution in [2.75, 3.05) is 55.8 Å². The van der Waals surface area contributed by atoms with Crippen molar-refractivity contribution in [3.8, 4) is 0 Å². The van der Waals surface area contributed by atoms with Gasteiger partial charge in [0, 0.05) is 61.5 Å². The fourth-order valence-electron chi connectivity index (χ4n) is 4.99. The second-order valence-electron chi connectivity index (χ2n) is 9.35. The molecule has 0 spiro atoms. The minimum Gasteiger partial charge on any atom is -0.428 e. The lowest BCUT2D eigenvalue weighted by Gasteiger charge is -2.36. The Bertz CT molecular complexity index is 1300. The van der Waals surface area contributed by atoms with E-state index < -0.39 is 6.09 Å². The maximum atomic E-state index is 14.1. The SMILES string of the molecule is C=CCNC(=O)OCN1C(=O)CCc2ccc(CCN3CCN(c4cc(F)cc5sccc45)CC3)cc21. The predicted molar refractivity (Wildman–Crippen MR) is 146 cm³/mol. The number of hydrogen-bond acceptors (Lipinski definition) is 6. The van der Waals surface area contributed by atoms with Gasteiger partial charge in [-0.05, 0) is 53.6 Å². The van der Waals surface area contributed by atoms with Crippen LogP contribution in [0.2, 0.25) is 0 Å². The van der Waals surface area contributed by atoms with Crippen LogP contribution < -0.4 is 15.1 Å². The van der Waals surface area contributed by atoms with Crippen LogP contribution in [0.15, 0.2) is 54.4 Å². The number of thiophene rings is 1. The number of nitrogens with one attached hydrogen (secondary N) is 1. The number of hydrogen-bond donors (Lipinski definition) is 1. The lowest BCUT2D eigenvalue weighted by atomic mass is 9.98. The summed E-state index contributed by atoms with van der Waals surface area (Å²) in [5.74, 6) is -0.232. The van der Waals surface area contributed by atoms with E-state index in [-0.39, 0.29) is 18.5 Å². The van der Waals surface area contributed by atoms with E-state index >= 15 is 0 Å². The van der Waals surface area contributed by atoms with Gasteiger partial charge in [0.1, 0.15) is 5.82 Å². The number of aryl methyl sites for hydroxylation is 1. The van der Waals surface area contributed by atoms with Crippen molar-refractivity contribution in [1.29, 1.82) is 0 Å². The first-order chi connectivity index (χ1) is 18.0. The molecule has 0 saturated carbocycles. The number of carbonyl (C=O) groups is 2. The second kappa shape index (κ2) is 11.3. The second-order valence-corrected chi connectivity index (χ2v) is 10.3. The Balaban J connectivity index is 1.18. The van der Waals surface area contributed by atoms with Crippen LogP contribution in [-0.2, 0) is 22.4 Å². The molecule has 1 fully saturated rings. The van der Waals surface area contributed by atoms with Crippen molar-refractivity contribution >= 4 is 44.8 Å². The Morgan fingerprint density at radius 1 is 1.11 bits per heavy atom. The van der Waals surface area contributed by atoms with Crippen LogP contribution >= 0.6 is 11.3 Å². The average molecular weight is 523 g/mol. The zero-order chi connectivity index (χ0) is 25.8. The number of piperazine rings is 1. The van der Waals surface area contributed by atoms with E-state index in [0.717, 1.165) is 71.7 Å². The summed E-state index contributed by atoms with van der Waals surface area (Å²) in [5, 5.41) is 5.69. The van der Waals surface area contributed by atoms with Gasteiger partial charge in [-0.25, -0.2) is 9.18 Å². The number of nitrogens with zero attached hydrogens (tertiary/aromatic N) is 3. The summed E-state index contributed by atoms with van der Waals surface area (Å²) in [6, 6.07) is 11.6. The van der Waals surface area contributed by atoms with Crippen LogP contribution in [0.3, 0.4) is 0 Å². The van der Waals surface area contributed by atoms with Crippen LogP contribution in [-0.4, -0.2) is 62.9 Å². The highest BCUT2D eigenvalue weighted by Crippen LogP contribution is 2.33. The van der Waals surface area contributed by atoms with E-state index in [0.29, 0.717) is 19.4 Å². The number of benzene rings is 2. The number of halogens is 1. The van der Waals surface area contributed by atoms with Crippen molar-refractivity contribution in [2.24, 2.45) is 0 Å². The molecule has 37 heavy (non-hydrogen) atoms. The predicted octanol–water partition coefficient (Wildman–Crippen LogP) is 4.55. The summed E-state index contributed by atoms with van der Waals surface area (Å²) in [6.45, 7) is 8.18. The summed E-state index contributed by atoms with van der Waals surface area (Å²) in [4.78, 5) is 30.7. The minimum absolute atomic E-state index is 0.0469. The summed E-state index contributed by atoms with van der Waals surface area (Å²) in [6.07, 6.45) is 2.93. The van der Waals surface area contributed by atoms with Crippen LogP contribution in [0.5, 0.6) is 0 Å². The molecule has 1 saturated heterocycles. The third kappa shape index (κ3) is 5.78. The molecule has 2 aliphatic heterocycles. The molecule has 2 aromatic carbocycles. The van der Waals surface area contributed by atoms with Gasteiger partial charge in [-0.2, -0.15) is 0 Å². The highest BCUT2D eigenvalue weighted by molar-refractivity contribution is 7.17. The highest BCUT2D eigenvalue weighted by Gasteiger charge is 2.26. The molecule has 0 radical (unpaired) electrons. The Kier molecular flexibility index (Phi) is 7.71. The maximum Gasteiger partial charge on any atom is 0.409 e. The maximum absolute atomic E-state index is 14.1. The minimum atomic E-state index is -0.576. The molecule has 0 unspecified atom stereocenters. The number of fused-ring (bicyclic) bond motifs is 2. The first kappa shape index (κ1) is 25.2. The van der Waals surface area contributed by atoms with E-state index in [1.54, 1.807) is 34.4 Å². The Labute approximate surface area is 220 Å². The molecule has 194 valence electrons. The summed E-state index contributed by atoms with van der Waals surface area (Å²) >= 11 is 1.57. The van der Waals surface area contributed by atoms with E-state index in [1.807, 2.05) is 11.4 Å². The molecule has 1 N–H and O–H groups in total. The fraction of sp³-hybridized carbons (Fsp3) is 0.357. The molecule has 5 rings (SSSR count). The summed E-state index contributed by atoms with van der Waals surface area (Å²) < 4.78 is 20.4. The van der Waals surface area contributed by atoms with Crippen LogP contribution in [0, 0.1) is 5.82 Å². The number of amides is 2. The van der Waals surface area contributed by atoms with Crippen molar-refractivity contribution in [3.63, 3.8) is 0 Å². The Morgan fingerprint density at radius 3 is 2.76 bits per heavy atom. The van der Waals surface area contributed by atoms with E-state index in [1.165, 1.54) is 0 Å². The van der Waals surface area contributed by atoms with E-state index in [4.69, 9.17) is 4.74 Å². The molecule has 7 nitrogen and oxygen atoms in total. The number of rotatable bonds is 8. The molecular formula is C28H31FN4O3S. The van der Waals surface area contributed by atoms with E-state index in [9.17, 15) is 14.0 Å². The number of ether oxygens (including phenoxy) is 1. The molecule has 0 atom stereocenters. The first-order valence-electron chi connectivity index (χ1n) is 12.6. The van der Waals surface area contributed by atoms with Gasteiger partial charge in [-0.1, -0.05) is 18.2 Å². The molecule has 0 bridgehead atoms. The molecule has 2 aliphatic rings. The van der Waals surface area contributed by atoms with Gasteiger partial charge < -0.3 is 15.0 Å².